The number of imidazole rings is 1. The highest BCUT2D eigenvalue weighted by Crippen LogP contribution is 2.43. The summed E-state index contributed by atoms with van der Waals surface area (Å²) in [6.07, 6.45) is 7.53. The first kappa shape index (κ1) is 14.8. The van der Waals surface area contributed by atoms with E-state index >= 15 is 0 Å². The van der Waals surface area contributed by atoms with Gasteiger partial charge in [0.1, 0.15) is 17.9 Å². The maximum atomic E-state index is 2.46. The van der Waals surface area contributed by atoms with Gasteiger partial charge in [0.25, 0.3) is 0 Å². The van der Waals surface area contributed by atoms with Gasteiger partial charge >= 0.3 is 0 Å². The van der Waals surface area contributed by atoms with Crippen molar-refractivity contribution in [2.24, 2.45) is 0 Å². The van der Waals surface area contributed by atoms with E-state index in [4.69, 9.17) is 0 Å². The topological polar surface area (TPSA) is 8.81 Å². The van der Waals surface area contributed by atoms with Crippen molar-refractivity contribution in [3.63, 3.8) is 0 Å². The van der Waals surface area contributed by atoms with Crippen LogP contribution in [-0.4, -0.2) is 23.4 Å². The van der Waals surface area contributed by atoms with Crippen LogP contribution in [0.15, 0.2) is 18.7 Å². The quantitative estimate of drug-likeness (QED) is 0.444. The third-order valence-corrected chi connectivity index (χ3v) is 5.92. The van der Waals surface area contributed by atoms with E-state index in [9.17, 15) is 0 Å². The van der Waals surface area contributed by atoms with Gasteiger partial charge in [-0.1, -0.05) is 27.4 Å². The maximum absolute atomic E-state index is 2.46. The SMILES string of the molecule is CP([B]C[n+]1ccn(C(C)(C)C)c1)C(C)(C)C. The van der Waals surface area contributed by atoms with E-state index < -0.39 is 0 Å². The number of nitrogens with zero attached hydrogens (tertiary/aromatic N) is 2. The molecule has 0 aliphatic heterocycles. The maximum Gasteiger partial charge on any atom is 0.243 e. The Morgan fingerprint density at radius 2 is 1.76 bits per heavy atom. The van der Waals surface area contributed by atoms with Crippen molar-refractivity contribution in [3.8, 4) is 0 Å². The molecule has 0 fully saturated rings. The molecule has 0 amide bonds. The summed E-state index contributed by atoms with van der Waals surface area (Å²) in [4.78, 5) is 0. The predicted molar refractivity (Wildman–Crippen MR) is 78.0 cm³/mol. The molecule has 2 nitrogen and oxygen atoms in total. The Labute approximate surface area is 108 Å². The van der Waals surface area contributed by atoms with Gasteiger partial charge in [-0.15, -0.1) is 7.80 Å². The standard InChI is InChI=1S/C13H26BN2P/c1-12(2,3)16-9-8-15(11-16)10-14-17(7)13(4,5)6/h8-9,11H,10H2,1-7H3/q+1. The van der Waals surface area contributed by atoms with Crippen molar-refractivity contribution in [2.75, 3.05) is 6.66 Å². The zero-order chi connectivity index (χ0) is 13.3. The third-order valence-electron chi connectivity index (χ3n) is 3.09. The second kappa shape index (κ2) is 5.14. The first-order valence-corrected chi connectivity index (χ1v) is 8.10. The highest BCUT2D eigenvalue weighted by atomic mass is 31.1. The first-order valence-electron chi connectivity index (χ1n) is 6.24. The van der Waals surface area contributed by atoms with Crippen LogP contribution in [0.5, 0.6) is 0 Å². The minimum Gasteiger partial charge on any atom is -0.244 e. The predicted octanol–water partition coefficient (Wildman–Crippen LogP) is 3.02. The summed E-state index contributed by atoms with van der Waals surface area (Å²) in [6.45, 7) is 18.5. The molecule has 1 radical (unpaired) electrons. The van der Waals surface area contributed by atoms with Gasteiger partial charge in [-0.05, 0) is 25.9 Å². The average Bonchev–Trinajstić information content (AvgIpc) is 2.59. The molecule has 0 saturated carbocycles. The van der Waals surface area contributed by atoms with Crippen molar-refractivity contribution in [1.82, 2.24) is 4.57 Å². The van der Waals surface area contributed by atoms with E-state index in [-0.39, 0.29) is 13.3 Å². The van der Waals surface area contributed by atoms with Crippen LogP contribution in [0.2, 0.25) is 0 Å². The lowest BCUT2D eigenvalue weighted by atomic mass is 10.1. The van der Waals surface area contributed by atoms with Crippen LogP contribution in [0.4, 0.5) is 0 Å². The normalized spacial score (nSPS) is 14.8. The van der Waals surface area contributed by atoms with Gasteiger partial charge in [-0.25, -0.2) is 9.13 Å². The zero-order valence-electron chi connectivity index (χ0n) is 12.4. The van der Waals surface area contributed by atoms with Crippen LogP contribution in [0, 0.1) is 0 Å². The van der Waals surface area contributed by atoms with Gasteiger partial charge in [0.05, 0.1) is 6.44 Å². The van der Waals surface area contributed by atoms with Crippen LogP contribution < -0.4 is 4.57 Å². The van der Waals surface area contributed by atoms with Crippen LogP contribution in [0.1, 0.15) is 41.5 Å². The summed E-state index contributed by atoms with van der Waals surface area (Å²) in [7, 11) is -0.0192. The second-order valence-electron chi connectivity index (χ2n) is 6.65. The molecule has 1 aromatic rings. The van der Waals surface area contributed by atoms with Gasteiger partial charge in [-0.3, -0.25) is 0 Å². The summed E-state index contributed by atoms with van der Waals surface area (Å²) in [5, 5.41) is 0.419. The Bertz CT molecular complexity index is 360. The van der Waals surface area contributed by atoms with Gasteiger partial charge < -0.3 is 0 Å². The van der Waals surface area contributed by atoms with Crippen molar-refractivity contribution in [2.45, 2.75) is 58.7 Å². The first-order chi connectivity index (χ1) is 7.60. The molecule has 0 bridgehead atoms. The lowest BCUT2D eigenvalue weighted by molar-refractivity contribution is -0.678. The van der Waals surface area contributed by atoms with E-state index in [0.29, 0.717) is 5.16 Å². The summed E-state index contributed by atoms with van der Waals surface area (Å²) in [5.74, 6) is 0. The summed E-state index contributed by atoms with van der Waals surface area (Å²) >= 11 is 0. The monoisotopic (exact) mass is 252 g/mol. The Morgan fingerprint density at radius 3 is 2.18 bits per heavy atom. The smallest absolute Gasteiger partial charge is 0.243 e. The Hall–Kier alpha value is -0.295. The summed E-state index contributed by atoms with van der Waals surface area (Å²) in [5.41, 5.74) is 0.173. The van der Waals surface area contributed by atoms with Gasteiger partial charge in [0.15, 0.2) is 0 Å². The molecule has 1 heterocycles. The molecule has 4 heteroatoms. The molecule has 0 aromatic carbocycles. The van der Waals surface area contributed by atoms with E-state index in [0.717, 1.165) is 6.44 Å². The number of hydrogen-bond acceptors (Lipinski definition) is 0. The second-order valence-corrected chi connectivity index (χ2v) is 9.58. The fourth-order valence-corrected chi connectivity index (χ4v) is 2.37. The lowest BCUT2D eigenvalue weighted by Gasteiger charge is -2.27. The summed E-state index contributed by atoms with van der Waals surface area (Å²) < 4.78 is 4.52. The van der Waals surface area contributed by atoms with Crippen LogP contribution in [-0.2, 0) is 12.0 Å². The van der Waals surface area contributed by atoms with Crippen molar-refractivity contribution >= 4 is 14.8 Å². The Morgan fingerprint density at radius 1 is 1.18 bits per heavy atom. The molecular weight excluding hydrogens is 226 g/mol. The molecule has 0 spiro atoms. The minimum atomic E-state index is -0.0192. The molecule has 0 aliphatic rings. The zero-order valence-corrected chi connectivity index (χ0v) is 13.3. The fourth-order valence-electron chi connectivity index (χ4n) is 1.39. The molecule has 1 unspecified atom stereocenters. The average molecular weight is 252 g/mol. The molecule has 0 N–H and O–H groups in total. The highest BCUT2D eigenvalue weighted by molar-refractivity contribution is 7.86. The Balaban J connectivity index is 2.57. The van der Waals surface area contributed by atoms with Crippen LogP contribution in [0.3, 0.4) is 0 Å². The molecule has 0 saturated heterocycles. The van der Waals surface area contributed by atoms with Crippen molar-refractivity contribution in [3.05, 3.63) is 18.7 Å². The molecule has 1 atom stereocenters. The third kappa shape index (κ3) is 4.46. The molecule has 95 valence electrons. The lowest BCUT2D eigenvalue weighted by Crippen LogP contribution is -2.36. The van der Waals surface area contributed by atoms with E-state index in [2.05, 4.69) is 83.1 Å². The molecule has 0 aliphatic carbocycles. The number of hydrogen-bond donors (Lipinski definition) is 0. The minimum absolute atomic E-state index is 0.0192. The van der Waals surface area contributed by atoms with Gasteiger partial charge in [0, 0.05) is 0 Å². The fraction of sp³-hybridized carbons (Fsp3) is 0.769. The van der Waals surface area contributed by atoms with Crippen molar-refractivity contribution in [1.29, 1.82) is 0 Å². The molecule has 1 aromatic heterocycles. The van der Waals surface area contributed by atoms with E-state index in [1.54, 1.807) is 0 Å². The Kier molecular flexibility index (Phi) is 4.46. The van der Waals surface area contributed by atoms with Crippen LogP contribution >= 0.6 is 7.80 Å². The van der Waals surface area contributed by atoms with E-state index in [1.165, 1.54) is 0 Å². The number of rotatable bonds is 3. The molecule has 1 rings (SSSR count). The largest absolute Gasteiger partial charge is 0.244 e. The van der Waals surface area contributed by atoms with Gasteiger partial charge in [0.2, 0.25) is 13.3 Å². The highest BCUT2D eigenvalue weighted by Gasteiger charge is 2.22. The van der Waals surface area contributed by atoms with Gasteiger partial charge in [-0.2, -0.15) is 0 Å². The molecular formula is C13H26BN2P+. The number of aromatic nitrogens is 2. The summed E-state index contributed by atoms with van der Waals surface area (Å²) in [6, 6.07) is 0. The van der Waals surface area contributed by atoms with Crippen LogP contribution in [0.25, 0.3) is 0 Å². The van der Waals surface area contributed by atoms with Crippen molar-refractivity contribution < 1.29 is 4.57 Å². The molecule has 17 heavy (non-hydrogen) atoms. The van der Waals surface area contributed by atoms with E-state index in [1.807, 2.05) is 0 Å².